The number of carboxylic acid groups (broad SMARTS) is 1. The van der Waals surface area contributed by atoms with Crippen molar-refractivity contribution < 1.29 is 14.7 Å². The lowest BCUT2D eigenvalue weighted by Crippen LogP contribution is -2.42. The fourth-order valence-electron chi connectivity index (χ4n) is 2.38. The molecule has 2 aromatic rings. The number of hydrogen-bond donors (Lipinski definition) is 3. The fraction of sp³-hybridized carbons (Fsp3) is 0.375. The van der Waals surface area contributed by atoms with Gasteiger partial charge in [-0.05, 0) is 42.2 Å². The van der Waals surface area contributed by atoms with Crippen molar-refractivity contribution in [2.45, 2.75) is 25.3 Å². The number of H-pyrrole nitrogens is 1. The summed E-state index contributed by atoms with van der Waals surface area (Å²) >= 11 is 5.09. The summed E-state index contributed by atoms with van der Waals surface area (Å²) in [5.74, 6) is -0.346. The molecule has 5 nitrogen and oxygen atoms in total. The van der Waals surface area contributed by atoms with Crippen LogP contribution in [0.3, 0.4) is 0 Å². The molecule has 0 spiro atoms. The van der Waals surface area contributed by atoms with Crippen molar-refractivity contribution in [1.82, 2.24) is 10.3 Å². The van der Waals surface area contributed by atoms with Gasteiger partial charge in [0.1, 0.15) is 6.04 Å². The lowest BCUT2D eigenvalue weighted by Gasteiger charge is -2.14. The Bertz CT molecular complexity index is 702. The van der Waals surface area contributed by atoms with Gasteiger partial charge in [-0.3, -0.25) is 4.79 Å². The molecule has 3 N–H and O–H groups in total. The average molecular weight is 399 g/mol. The van der Waals surface area contributed by atoms with Gasteiger partial charge in [0, 0.05) is 34.4 Å². The summed E-state index contributed by atoms with van der Waals surface area (Å²) in [6, 6.07) is 4.87. The van der Waals surface area contributed by atoms with Crippen LogP contribution in [0.5, 0.6) is 0 Å². The number of thioether (sulfide) groups is 1. The van der Waals surface area contributed by atoms with Gasteiger partial charge in [-0.25, -0.2) is 4.79 Å². The number of aliphatic carboxylic acids is 1. The number of nitrogens with one attached hydrogen (secondary N) is 2. The quantitative estimate of drug-likeness (QED) is 0.596. The van der Waals surface area contributed by atoms with Crippen LogP contribution < -0.4 is 5.32 Å². The van der Waals surface area contributed by atoms with Crippen LogP contribution in [-0.4, -0.2) is 40.0 Å². The first kappa shape index (κ1) is 17.9. The number of carboxylic acids is 1. The maximum atomic E-state index is 11.9. The molecule has 1 atom stereocenters. The number of aromatic amines is 1. The zero-order valence-electron chi connectivity index (χ0n) is 12.8. The van der Waals surface area contributed by atoms with Crippen LogP contribution >= 0.6 is 27.7 Å². The summed E-state index contributed by atoms with van der Waals surface area (Å²) in [4.78, 5) is 26.5. The molecule has 7 heteroatoms. The van der Waals surface area contributed by atoms with Gasteiger partial charge in [0.25, 0.3) is 0 Å². The smallest absolute Gasteiger partial charge is 0.326 e. The molecule has 0 saturated heterocycles. The Morgan fingerprint density at radius 1 is 1.43 bits per heavy atom. The Balaban J connectivity index is 2.07. The SMILES string of the molecule is CSCCCC(=O)NC(Cc1c[nH]c2ccc(Br)cc12)C(=O)O. The van der Waals surface area contributed by atoms with Gasteiger partial charge in [-0.2, -0.15) is 11.8 Å². The van der Waals surface area contributed by atoms with E-state index in [1.54, 1.807) is 18.0 Å². The van der Waals surface area contributed by atoms with Crippen molar-refractivity contribution >= 4 is 50.5 Å². The minimum absolute atomic E-state index is 0.215. The first-order valence-corrected chi connectivity index (χ1v) is 9.46. The molecular formula is C16H19BrN2O3S. The number of aromatic nitrogens is 1. The van der Waals surface area contributed by atoms with Crippen LogP contribution in [-0.2, 0) is 16.0 Å². The van der Waals surface area contributed by atoms with Crippen LogP contribution in [0.1, 0.15) is 18.4 Å². The highest BCUT2D eigenvalue weighted by Gasteiger charge is 2.21. The molecule has 0 aliphatic carbocycles. The highest BCUT2D eigenvalue weighted by Crippen LogP contribution is 2.23. The molecule has 1 aromatic carbocycles. The molecule has 23 heavy (non-hydrogen) atoms. The maximum absolute atomic E-state index is 11.9. The Hall–Kier alpha value is -1.47. The lowest BCUT2D eigenvalue weighted by molar-refractivity contribution is -0.141. The second-order valence-corrected chi connectivity index (χ2v) is 7.16. The third-order valence-corrected chi connectivity index (χ3v) is 4.73. The molecule has 0 fully saturated rings. The summed E-state index contributed by atoms with van der Waals surface area (Å²) < 4.78 is 0.929. The van der Waals surface area contributed by atoms with Gasteiger partial charge in [0.2, 0.25) is 5.91 Å². The van der Waals surface area contributed by atoms with E-state index in [0.717, 1.165) is 33.1 Å². The van der Waals surface area contributed by atoms with Crippen molar-refractivity contribution in [2.24, 2.45) is 0 Å². The number of fused-ring (bicyclic) bond motifs is 1. The Kier molecular flexibility index (Phi) is 6.53. The first-order chi connectivity index (χ1) is 11.0. The molecule has 0 radical (unpaired) electrons. The lowest BCUT2D eigenvalue weighted by atomic mass is 10.0. The minimum atomic E-state index is -1.02. The van der Waals surface area contributed by atoms with Crippen LogP contribution in [0.15, 0.2) is 28.9 Å². The Labute approximate surface area is 147 Å². The maximum Gasteiger partial charge on any atom is 0.326 e. The Morgan fingerprint density at radius 2 is 2.22 bits per heavy atom. The number of benzene rings is 1. The van der Waals surface area contributed by atoms with Gasteiger partial charge in [0.05, 0.1) is 0 Å². The summed E-state index contributed by atoms with van der Waals surface area (Å²) in [5, 5.41) is 13.0. The second kappa shape index (κ2) is 8.40. The normalized spacial score (nSPS) is 12.3. The van der Waals surface area contributed by atoms with E-state index in [1.807, 2.05) is 24.5 Å². The van der Waals surface area contributed by atoms with Crippen molar-refractivity contribution in [1.29, 1.82) is 0 Å². The first-order valence-electron chi connectivity index (χ1n) is 7.28. The number of carbonyl (C=O) groups excluding carboxylic acids is 1. The van der Waals surface area contributed by atoms with Crippen LogP contribution in [0.4, 0.5) is 0 Å². The number of halogens is 1. The summed E-state index contributed by atoms with van der Waals surface area (Å²) in [7, 11) is 0. The van der Waals surface area contributed by atoms with E-state index < -0.39 is 12.0 Å². The topological polar surface area (TPSA) is 82.2 Å². The summed E-state index contributed by atoms with van der Waals surface area (Å²) in [6.45, 7) is 0. The molecule has 0 aliphatic rings. The monoisotopic (exact) mass is 398 g/mol. The van der Waals surface area contributed by atoms with Gasteiger partial charge in [-0.15, -0.1) is 0 Å². The van der Waals surface area contributed by atoms with Crippen LogP contribution in [0, 0.1) is 0 Å². The zero-order chi connectivity index (χ0) is 16.8. The van der Waals surface area contributed by atoms with Gasteiger partial charge in [-0.1, -0.05) is 15.9 Å². The predicted molar refractivity (Wildman–Crippen MR) is 96.9 cm³/mol. The van der Waals surface area contributed by atoms with Gasteiger partial charge < -0.3 is 15.4 Å². The van der Waals surface area contributed by atoms with E-state index in [-0.39, 0.29) is 12.3 Å². The van der Waals surface area contributed by atoms with E-state index in [1.165, 1.54) is 0 Å². The predicted octanol–water partition coefficient (Wildman–Crippen LogP) is 3.19. The van der Waals surface area contributed by atoms with E-state index in [4.69, 9.17) is 0 Å². The van der Waals surface area contributed by atoms with Crippen molar-refractivity contribution in [2.75, 3.05) is 12.0 Å². The zero-order valence-corrected chi connectivity index (χ0v) is 15.2. The highest BCUT2D eigenvalue weighted by atomic mass is 79.9. The largest absolute Gasteiger partial charge is 0.480 e. The van der Waals surface area contributed by atoms with Crippen molar-refractivity contribution in [3.05, 3.63) is 34.4 Å². The van der Waals surface area contributed by atoms with Crippen molar-refractivity contribution in [3.8, 4) is 0 Å². The van der Waals surface area contributed by atoms with Crippen LogP contribution in [0.25, 0.3) is 10.9 Å². The molecule has 0 bridgehead atoms. The van der Waals surface area contributed by atoms with E-state index >= 15 is 0 Å². The molecule has 1 heterocycles. The molecule has 124 valence electrons. The van der Waals surface area contributed by atoms with E-state index in [0.29, 0.717) is 6.42 Å². The number of carbonyl (C=O) groups is 2. The van der Waals surface area contributed by atoms with Gasteiger partial charge in [0.15, 0.2) is 0 Å². The molecule has 1 amide bonds. The number of hydrogen-bond acceptors (Lipinski definition) is 3. The fourth-order valence-corrected chi connectivity index (χ4v) is 3.18. The van der Waals surface area contributed by atoms with E-state index in [9.17, 15) is 14.7 Å². The molecular weight excluding hydrogens is 380 g/mol. The average Bonchev–Trinajstić information content (AvgIpc) is 2.89. The Morgan fingerprint density at radius 3 is 2.91 bits per heavy atom. The summed E-state index contributed by atoms with van der Waals surface area (Å²) in [6.07, 6.45) is 5.13. The molecule has 1 unspecified atom stereocenters. The van der Waals surface area contributed by atoms with E-state index in [2.05, 4.69) is 26.2 Å². The minimum Gasteiger partial charge on any atom is -0.480 e. The van der Waals surface area contributed by atoms with Crippen LogP contribution in [0.2, 0.25) is 0 Å². The van der Waals surface area contributed by atoms with Crippen molar-refractivity contribution in [3.63, 3.8) is 0 Å². The second-order valence-electron chi connectivity index (χ2n) is 5.26. The standard InChI is InChI=1S/C16H19BrN2O3S/c1-23-6-2-3-15(20)19-14(16(21)22)7-10-9-18-13-5-4-11(17)8-12(10)13/h4-5,8-9,14,18H,2-3,6-7H2,1H3,(H,19,20)(H,21,22). The molecule has 2 rings (SSSR count). The summed E-state index contributed by atoms with van der Waals surface area (Å²) in [5.41, 5.74) is 1.82. The third kappa shape index (κ3) is 5.00. The third-order valence-electron chi connectivity index (χ3n) is 3.54. The number of amides is 1. The molecule has 0 saturated carbocycles. The number of rotatable bonds is 8. The molecule has 0 aliphatic heterocycles. The molecule has 1 aromatic heterocycles. The van der Waals surface area contributed by atoms with Gasteiger partial charge >= 0.3 is 5.97 Å². The highest BCUT2D eigenvalue weighted by molar-refractivity contribution is 9.10.